The lowest BCUT2D eigenvalue weighted by Crippen LogP contribution is -2.49. The number of fused-ring (bicyclic) bond motifs is 1. The van der Waals surface area contributed by atoms with Gasteiger partial charge in [0.1, 0.15) is 6.04 Å². The summed E-state index contributed by atoms with van der Waals surface area (Å²) in [4.78, 5) is 30.7. The van der Waals surface area contributed by atoms with Crippen molar-refractivity contribution in [3.8, 4) is 0 Å². The Morgan fingerprint density at radius 1 is 1.22 bits per heavy atom. The molecule has 4 rings (SSSR count). The molecule has 1 saturated heterocycles. The Kier molecular flexibility index (Phi) is 6.76. The molecule has 0 bridgehead atoms. The summed E-state index contributed by atoms with van der Waals surface area (Å²) < 4.78 is 42.4. The van der Waals surface area contributed by atoms with Crippen LogP contribution in [0.2, 0.25) is 0 Å². The Balaban J connectivity index is 1.53. The summed E-state index contributed by atoms with van der Waals surface area (Å²) in [5, 5.41) is 13.3. The molecule has 2 aromatic rings. The van der Waals surface area contributed by atoms with E-state index in [0.29, 0.717) is 10.6 Å². The van der Waals surface area contributed by atoms with Crippen LogP contribution in [0.15, 0.2) is 42.6 Å². The van der Waals surface area contributed by atoms with E-state index >= 15 is 0 Å². The van der Waals surface area contributed by atoms with Gasteiger partial charge in [0.05, 0.1) is 23.7 Å². The molecule has 1 unspecified atom stereocenters. The Hall–Kier alpha value is -3.14. The van der Waals surface area contributed by atoms with Crippen molar-refractivity contribution in [1.29, 1.82) is 0 Å². The smallest absolute Gasteiger partial charge is 0.391 e. The van der Waals surface area contributed by atoms with Gasteiger partial charge < -0.3 is 20.2 Å². The van der Waals surface area contributed by atoms with Crippen LogP contribution in [-0.2, 0) is 21.4 Å². The van der Waals surface area contributed by atoms with Crippen molar-refractivity contribution in [2.24, 2.45) is 0 Å². The normalized spacial score (nSPS) is 23.8. The van der Waals surface area contributed by atoms with Gasteiger partial charge in [0.2, 0.25) is 11.8 Å². The summed E-state index contributed by atoms with van der Waals surface area (Å²) in [5.41, 5.74) is 2.55. The highest BCUT2D eigenvalue weighted by Crippen LogP contribution is 2.41. The number of aliphatic hydroxyl groups excluding tert-OH is 1. The van der Waals surface area contributed by atoms with Gasteiger partial charge in [-0.3, -0.25) is 14.6 Å². The molecule has 36 heavy (non-hydrogen) atoms. The number of hydrogen-bond donors (Lipinski definition) is 2. The molecule has 2 N–H and O–H groups in total. The summed E-state index contributed by atoms with van der Waals surface area (Å²) in [6.45, 7) is 5.39. The summed E-state index contributed by atoms with van der Waals surface area (Å²) in [6.07, 6.45) is -3.72. The number of β-amino-alcohol motifs (C(OH)–C–C–N with tert-alkyl or cyclic N) is 1. The maximum absolute atomic E-state index is 14.1. The standard InChI is InChI=1S/C26H31F3N4O3/c1-15(34)33-14-18(35)12-21(33)24(36)32(4)23(26(27,28)29)20-10-9-17(13-30-20)31-22-11-16-7-5-6-8-19(16)25(22,2)3/h5-10,13,18,21-23,31,35H,11-12,14H2,1-4H3/t18-,21+,22-,23?/m1/s1. The Labute approximate surface area is 208 Å². The number of carbonyl (C=O) groups excluding carboxylic acids is 2. The summed E-state index contributed by atoms with van der Waals surface area (Å²) in [7, 11) is 1.05. The van der Waals surface area contributed by atoms with Crippen LogP contribution in [0.3, 0.4) is 0 Å². The van der Waals surface area contributed by atoms with Crippen LogP contribution in [-0.4, -0.2) is 69.7 Å². The number of alkyl halides is 3. The van der Waals surface area contributed by atoms with Crippen LogP contribution in [0.1, 0.15) is 50.1 Å². The first kappa shape index (κ1) is 25.9. The third kappa shape index (κ3) is 4.78. The van der Waals surface area contributed by atoms with Crippen molar-refractivity contribution in [3.63, 3.8) is 0 Å². The van der Waals surface area contributed by atoms with Gasteiger partial charge in [-0.2, -0.15) is 13.2 Å². The molecule has 1 fully saturated rings. The van der Waals surface area contributed by atoms with Crippen molar-refractivity contribution < 1.29 is 27.9 Å². The number of rotatable bonds is 5. The number of anilines is 1. The molecule has 1 aromatic carbocycles. The molecule has 2 amide bonds. The second kappa shape index (κ2) is 9.38. The lowest BCUT2D eigenvalue weighted by Gasteiger charge is -2.33. The molecule has 1 aromatic heterocycles. The number of amides is 2. The van der Waals surface area contributed by atoms with Crippen LogP contribution in [0.5, 0.6) is 0 Å². The van der Waals surface area contributed by atoms with Crippen molar-refractivity contribution in [2.75, 3.05) is 18.9 Å². The van der Waals surface area contributed by atoms with E-state index in [2.05, 4.69) is 36.3 Å². The number of hydrogen-bond acceptors (Lipinski definition) is 5. The monoisotopic (exact) mass is 504 g/mol. The Morgan fingerprint density at radius 3 is 2.50 bits per heavy atom. The number of aromatic nitrogens is 1. The van der Waals surface area contributed by atoms with Gasteiger partial charge in [-0.05, 0) is 29.7 Å². The zero-order chi connectivity index (χ0) is 26.4. The van der Waals surface area contributed by atoms with Crippen LogP contribution in [0.4, 0.5) is 18.9 Å². The molecule has 2 aliphatic rings. The number of pyridine rings is 1. The maximum atomic E-state index is 14.1. The van der Waals surface area contributed by atoms with Crippen molar-refractivity contribution in [3.05, 3.63) is 59.4 Å². The largest absolute Gasteiger partial charge is 0.414 e. The van der Waals surface area contributed by atoms with E-state index < -0.39 is 36.2 Å². The van der Waals surface area contributed by atoms with Crippen molar-refractivity contribution in [1.82, 2.24) is 14.8 Å². The van der Waals surface area contributed by atoms with E-state index in [0.717, 1.165) is 18.4 Å². The molecular weight excluding hydrogens is 473 g/mol. The molecule has 0 saturated carbocycles. The van der Waals surface area contributed by atoms with Gasteiger partial charge in [0.15, 0.2) is 6.04 Å². The summed E-state index contributed by atoms with van der Waals surface area (Å²) in [5.74, 6) is -1.37. The number of halogens is 3. The second-order valence-corrected chi connectivity index (χ2v) is 10.2. The van der Waals surface area contributed by atoms with E-state index in [-0.39, 0.29) is 30.1 Å². The fourth-order valence-corrected chi connectivity index (χ4v) is 5.42. The van der Waals surface area contributed by atoms with Crippen LogP contribution < -0.4 is 5.32 Å². The Morgan fingerprint density at radius 2 is 1.92 bits per heavy atom. The van der Waals surface area contributed by atoms with Crippen molar-refractivity contribution in [2.45, 2.75) is 69.4 Å². The van der Waals surface area contributed by atoms with Gasteiger partial charge in [-0.15, -0.1) is 0 Å². The molecule has 194 valence electrons. The number of carbonyl (C=O) groups is 2. The fraction of sp³-hybridized carbons (Fsp3) is 0.500. The van der Waals surface area contributed by atoms with Gasteiger partial charge >= 0.3 is 6.18 Å². The fourth-order valence-electron chi connectivity index (χ4n) is 5.42. The predicted molar refractivity (Wildman–Crippen MR) is 128 cm³/mol. The van der Waals surface area contributed by atoms with E-state index in [9.17, 15) is 27.9 Å². The lowest BCUT2D eigenvalue weighted by atomic mass is 9.83. The molecule has 1 aliphatic heterocycles. The van der Waals surface area contributed by atoms with Crippen LogP contribution >= 0.6 is 0 Å². The highest BCUT2D eigenvalue weighted by atomic mass is 19.4. The topological polar surface area (TPSA) is 85.8 Å². The third-order valence-electron chi connectivity index (χ3n) is 7.43. The highest BCUT2D eigenvalue weighted by Gasteiger charge is 2.49. The molecule has 7 nitrogen and oxygen atoms in total. The summed E-state index contributed by atoms with van der Waals surface area (Å²) >= 11 is 0. The quantitative estimate of drug-likeness (QED) is 0.652. The Bertz CT molecular complexity index is 1140. The molecule has 10 heteroatoms. The minimum atomic E-state index is -4.79. The zero-order valence-corrected chi connectivity index (χ0v) is 20.7. The van der Waals surface area contributed by atoms with Gasteiger partial charge in [0.25, 0.3) is 0 Å². The van der Waals surface area contributed by atoms with E-state index in [1.807, 2.05) is 12.1 Å². The van der Waals surface area contributed by atoms with Gasteiger partial charge in [-0.25, -0.2) is 0 Å². The number of benzene rings is 1. The first-order valence-electron chi connectivity index (χ1n) is 11.9. The average Bonchev–Trinajstić information content (AvgIpc) is 3.31. The molecule has 0 radical (unpaired) electrons. The number of likely N-dealkylation sites (N-methyl/N-ethyl adjacent to an activating group) is 1. The molecule has 0 spiro atoms. The summed E-state index contributed by atoms with van der Waals surface area (Å²) in [6, 6.07) is 7.56. The SMILES string of the molecule is CC(=O)N1C[C@H](O)C[C@H]1C(=O)N(C)C(c1ccc(N[C@@H]2Cc3ccccc3C2(C)C)cn1)C(F)(F)F. The maximum Gasteiger partial charge on any atom is 0.414 e. The first-order valence-corrected chi connectivity index (χ1v) is 11.9. The number of nitrogens with zero attached hydrogens (tertiary/aromatic N) is 3. The van der Waals surface area contributed by atoms with E-state index in [1.165, 1.54) is 30.3 Å². The van der Waals surface area contributed by atoms with Crippen LogP contribution in [0, 0.1) is 0 Å². The molecule has 2 heterocycles. The number of nitrogens with one attached hydrogen (secondary N) is 1. The van der Waals surface area contributed by atoms with E-state index in [4.69, 9.17) is 0 Å². The predicted octanol–water partition coefficient (Wildman–Crippen LogP) is 3.44. The zero-order valence-electron chi connectivity index (χ0n) is 20.7. The third-order valence-corrected chi connectivity index (χ3v) is 7.43. The van der Waals surface area contributed by atoms with Crippen molar-refractivity contribution >= 4 is 17.5 Å². The highest BCUT2D eigenvalue weighted by molar-refractivity contribution is 5.87. The average molecular weight is 505 g/mol. The first-order chi connectivity index (χ1) is 16.8. The molecular formula is C26H31F3N4O3. The second-order valence-electron chi connectivity index (χ2n) is 10.2. The minimum Gasteiger partial charge on any atom is -0.391 e. The molecule has 4 atom stereocenters. The van der Waals surface area contributed by atoms with Gasteiger partial charge in [-0.1, -0.05) is 38.1 Å². The van der Waals surface area contributed by atoms with Crippen LogP contribution in [0.25, 0.3) is 0 Å². The number of aliphatic hydroxyl groups is 1. The van der Waals surface area contributed by atoms with Gasteiger partial charge in [0, 0.05) is 38.4 Å². The lowest BCUT2D eigenvalue weighted by molar-refractivity contribution is -0.191. The van der Waals surface area contributed by atoms with E-state index in [1.54, 1.807) is 6.07 Å². The number of likely N-dealkylation sites (tertiary alicyclic amines) is 1. The minimum absolute atomic E-state index is 0.0385. The molecule has 1 aliphatic carbocycles.